The molecular weight excluding hydrogens is 1460 g/mol. The van der Waals surface area contributed by atoms with Gasteiger partial charge in [-0.2, -0.15) is 0 Å². The van der Waals surface area contributed by atoms with Gasteiger partial charge < -0.3 is 0 Å². The van der Waals surface area contributed by atoms with E-state index < -0.39 is 0 Å². The standard InChI is InChI=1S/C28H54N4.C26H52N4.C26H50N2.C25H48N4/c1-19(2)20(3,4)30-25(13,14)26(15,16)32-22(7,8)21(5,6)31-24(11,12)23(9,10)29(19)27(30,17)28(31,32)18;1-19(2)20(3,4)28-17-27(19)23(9,10)24(11,12)29-18-30(22(7,8)21(29,5)6)26(15,16)25(28,13)14;1-19(2)17-21(5,6)23(9,10)28-18(20(19,3)4)22(7,8)24(11,12)27(17)25(13,14)26(28,15)16;1-17(2)18(3,4)27-21(9,10)22(11,12)29-24(15,16)23(13,14)28-20(7,8)19(5,6)26(17)25(27,28)29/h1-18H3;17-18H2,1-16H3;17-18H,1-16H3;1-16H3/t;;17-,18+;. The van der Waals surface area contributed by atoms with E-state index in [-0.39, 0.29) is 194 Å². The van der Waals surface area contributed by atoms with Crippen molar-refractivity contribution in [3.63, 3.8) is 0 Å². The molecule has 4 atom stereocenters. The van der Waals surface area contributed by atoms with E-state index >= 15 is 0 Å². The second-order valence-corrected chi connectivity index (χ2v) is 59.4. The number of piperazine rings is 2. The average Bonchev–Trinajstić information content (AvgIpc) is 1.42. The van der Waals surface area contributed by atoms with E-state index in [1.54, 1.807) is 0 Å². The van der Waals surface area contributed by atoms with Crippen molar-refractivity contribution in [1.82, 2.24) is 68.6 Å². The molecule has 14 heteroatoms. The highest BCUT2D eigenvalue weighted by molar-refractivity contribution is 5.46. The van der Waals surface area contributed by atoms with E-state index in [2.05, 4.69) is 526 Å². The van der Waals surface area contributed by atoms with E-state index in [9.17, 15) is 0 Å². The molecule has 0 aromatic carbocycles. The Kier molecular flexibility index (Phi) is 19.7. The van der Waals surface area contributed by atoms with Crippen molar-refractivity contribution in [2.75, 3.05) is 13.3 Å². The summed E-state index contributed by atoms with van der Waals surface area (Å²) in [6.45, 7) is 168. The number of hydrogen-bond acceptors (Lipinski definition) is 14. The molecule has 15 rings (SSSR count). The van der Waals surface area contributed by atoms with Gasteiger partial charge >= 0.3 is 0 Å². The van der Waals surface area contributed by atoms with Gasteiger partial charge in [-0.15, -0.1) is 0 Å². The predicted molar refractivity (Wildman–Crippen MR) is 512 cm³/mol. The van der Waals surface area contributed by atoms with Crippen LogP contribution in [0.15, 0.2) is 0 Å². The zero-order valence-electron chi connectivity index (χ0n) is 92.3. The van der Waals surface area contributed by atoms with Gasteiger partial charge in [0.15, 0.2) is 5.91 Å². The molecule has 0 aromatic heterocycles. The van der Waals surface area contributed by atoms with Gasteiger partial charge in [0, 0.05) is 167 Å². The van der Waals surface area contributed by atoms with Crippen molar-refractivity contribution in [1.29, 1.82) is 0 Å². The molecule has 15 fully saturated rings. The van der Waals surface area contributed by atoms with E-state index in [0.717, 1.165) is 13.3 Å². The minimum absolute atomic E-state index is 0.00500. The van der Waals surface area contributed by atoms with Crippen LogP contribution in [0.3, 0.4) is 0 Å². The van der Waals surface area contributed by atoms with E-state index in [0.29, 0.717) is 12.1 Å². The van der Waals surface area contributed by atoms with Crippen LogP contribution >= 0.6 is 0 Å². The molecule has 694 valence electrons. The Labute approximate surface area is 740 Å². The molecule has 0 aliphatic carbocycles. The quantitative estimate of drug-likeness (QED) is 0.231. The zero-order chi connectivity index (χ0) is 94.2. The summed E-state index contributed by atoms with van der Waals surface area (Å²) in [7, 11) is 0. The number of nitrogens with zero attached hydrogens (tertiary/aromatic N) is 14. The summed E-state index contributed by atoms with van der Waals surface area (Å²) in [4.78, 5) is 40.7. The SMILES string of the molecule is CC1(C)N2C(C)(C)C(C)(C)N3C(C)(C)C(C)(C)N4C(C)(C)C(C)(C)N(C1(C)C)C2(C)C34C.CC1(C)N2C34N(C1(C)C)C(C)(C)C(C)(C)N3C(C)(C)C(C)(C)N4C(C)(C)C2(C)C.CC1(C)N2CN(C1(C)C)C(C)(C)C(C)(C)N1CN(C(C)(C)C1(C)C)C(C)(C)C2(C)C.CC1(C)[C@H]2N3C(C)(C)C(C)(C)[C@@H](N(C(C)(C)C2(C)C)C(C)(C)C3(C)C)C1(C)C. The Morgan fingerprint density at radius 2 is 0.244 bits per heavy atom. The topological polar surface area (TPSA) is 45.4 Å². The average molecular weight is 1660 g/mol. The Morgan fingerprint density at radius 1 is 0.126 bits per heavy atom. The molecule has 0 amide bonds. The lowest BCUT2D eigenvalue weighted by Gasteiger charge is -2.79. The molecule has 8 bridgehead atoms. The van der Waals surface area contributed by atoms with Crippen LogP contribution < -0.4 is 0 Å². The molecule has 1 spiro atoms. The maximum absolute atomic E-state index is 3.01. The van der Waals surface area contributed by atoms with Crippen LogP contribution in [0.1, 0.15) is 457 Å². The summed E-state index contributed by atoms with van der Waals surface area (Å²) in [6.07, 6.45) is 0. The third-order valence-corrected chi connectivity index (χ3v) is 48.7. The monoisotopic (exact) mass is 1660 g/mol. The third-order valence-electron chi connectivity index (χ3n) is 48.7. The molecule has 15 saturated heterocycles. The summed E-state index contributed by atoms with van der Waals surface area (Å²) in [5, 5.41) is 0. The molecule has 0 radical (unpaired) electrons. The summed E-state index contributed by atoms with van der Waals surface area (Å²) in [6, 6.07) is 0.956. The highest BCUT2D eigenvalue weighted by Gasteiger charge is 2.95. The van der Waals surface area contributed by atoms with Crippen molar-refractivity contribution in [2.24, 2.45) is 21.7 Å². The summed E-state index contributed by atoms with van der Waals surface area (Å²) in [5.74, 6) is -0.250. The van der Waals surface area contributed by atoms with Crippen LogP contribution in [-0.4, -0.2) is 266 Å². The van der Waals surface area contributed by atoms with E-state index in [4.69, 9.17) is 0 Å². The number of hydrogen-bond donors (Lipinski definition) is 0. The molecule has 14 nitrogen and oxygen atoms in total. The van der Waals surface area contributed by atoms with Crippen molar-refractivity contribution in [3.05, 3.63) is 0 Å². The zero-order valence-corrected chi connectivity index (χ0v) is 92.3. The first-order valence-corrected chi connectivity index (χ1v) is 48.2. The second kappa shape index (κ2) is 23.7. The summed E-state index contributed by atoms with van der Waals surface area (Å²) >= 11 is 0. The normalized spacial score (nSPS) is 41.2. The van der Waals surface area contributed by atoms with Gasteiger partial charge in [0.2, 0.25) is 0 Å². The summed E-state index contributed by atoms with van der Waals surface area (Å²) < 4.78 is 0. The molecule has 0 aromatic rings. The van der Waals surface area contributed by atoms with Gasteiger partial charge in [0.25, 0.3) is 0 Å². The second-order valence-electron chi connectivity index (χ2n) is 59.4. The lowest BCUT2D eigenvalue weighted by atomic mass is 9.53. The fourth-order valence-electron chi connectivity index (χ4n) is 34.5. The van der Waals surface area contributed by atoms with Crippen LogP contribution in [0.25, 0.3) is 0 Å². The smallest absolute Gasteiger partial charge is 0.195 e. The van der Waals surface area contributed by atoms with Crippen LogP contribution in [0.5, 0.6) is 0 Å². The molecule has 119 heavy (non-hydrogen) atoms. The Hall–Kier alpha value is -0.560. The minimum Gasteiger partial charge on any atom is -0.287 e. The van der Waals surface area contributed by atoms with Crippen molar-refractivity contribution in [2.45, 2.75) is 641 Å². The Morgan fingerprint density at radius 3 is 0.370 bits per heavy atom. The number of fused-ring (bicyclic) bond motifs is 8. The van der Waals surface area contributed by atoms with Crippen molar-refractivity contribution in [3.8, 4) is 0 Å². The largest absolute Gasteiger partial charge is 0.287 e. The van der Waals surface area contributed by atoms with Gasteiger partial charge in [-0.05, 0) is 423 Å². The highest BCUT2D eigenvalue weighted by Crippen LogP contribution is 2.80. The first-order valence-electron chi connectivity index (χ1n) is 48.2. The summed E-state index contributed by atoms with van der Waals surface area (Å²) in [5.41, 5.74) is 0.454. The molecule has 15 aliphatic rings. The molecule has 15 heterocycles. The molecule has 15 aliphatic heterocycles. The first-order chi connectivity index (χ1) is 51.1. The van der Waals surface area contributed by atoms with Crippen molar-refractivity contribution < 1.29 is 0 Å². The van der Waals surface area contributed by atoms with E-state index in [1.165, 1.54) is 0 Å². The third kappa shape index (κ3) is 9.38. The Balaban J connectivity index is 0.000000156. The van der Waals surface area contributed by atoms with Crippen LogP contribution in [-0.2, 0) is 0 Å². The van der Waals surface area contributed by atoms with Gasteiger partial charge in [0.05, 0.1) is 13.3 Å². The van der Waals surface area contributed by atoms with Crippen molar-refractivity contribution >= 4 is 0 Å². The van der Waals surface area contributed by atoms with Crippen LogP contribution in [0.2, 0.25) is 0 Å². The fourth-order valence-corrected chi connectivity index (χ4v) is 34.5. The van der Waals surface area contributed by atoms with Gasteiger partial charge in [-0.3, -0.25) is 49.0 Å². The van der Waals surface area contributed by atoms with Crippen LogP contribution in [0, 0.1) is 21.7 Å². The lowest BCUT2D eigenvalue weighted by molar-refractivity contribution is -0.343. The number of rotatable bonds is 0. The fraction of sp³-hybridized carbons (Fsp3) is 1.00. The highest BCUT2D eigenvalue weighted by atomic mass is 15.9. The predicted octanol–water partition coefficient (Wildman–Crippen LogP) is 23.0. The van der Waals surface area contributed by atoms with Crippen LogP contribution in [0.4, 0.5) is 0 Å². The minimum atomic E-state index is -0.250. The maximum atomic E-state index is 3.01. The van der Waals surface area contributed by atoms with Gasteiger partial charge in [0.1, 0.15) is 11.3 Å². The Bertz CT molecular complexity index is 3480. The molecule has 2 unspecified atom stereocenters. The lowest BCUT2D eigenvalue weighted by Crippen LogP contribution is -2.95. The molecule has 0 saturated carbocycles. The van der Waals surface area contributed by atoms with Gasteiger partial charge in [-0.25, -0.2) is 19.6 Å². The molecular formula is C105H204N14. The maximum Gasteiger partial charge on any atom is 0.195 e. The molecule has 0 N–H and O–H groups in total. The van der Waals surface area contributed by atoms with Gasteiger partial charge in [-0.1, -0.05) is 55.4 Å². The van der Waals surface area contributed by atoms with E-state index in [1.807, 2.05) is 0 Å². The first kappa shape index (κ1) is 99.0.